The molecule has 1 aliphatic rings. The zero-order chi connectivity index (χ0) is 22.7. The van der Waals surface area contributed by atoms with Crippen LogP contribution in [0.4, 0.5) is 26.7 Å². The fraction of sp³-hybridized carbons (Fsp3) is 0.300. The molecule has 0 unspecified atom stereocenters. The number of esters is 1. The van der Waals surface area contributed by atoms with Crippen molar-refractivity contribution in [3.05, 3.63) is 65.0 Å². The normalized spacial score (nSPS) is 16.6. The minimum atomic E-state index is -2.37. The highest BCUT2D eigenvalue weighted by Gasteiger charge is 2.40. The molecule has 2 aromatic carbocycles. The van der Waals surface area contributed by atoms with E-state index < -0.39 is 52.9 Å². The number of benzene rings is 2. The highest BCUT2D eigenvalue weighted by molar-refractivity contribution is 5.85. The summed E-state index contributed by atoms with van der Waals surface area (Å²) in [6.45, 7) is 1.57. The summed E-state index contributed by atoms with van der Waals surface area (Å²) < 4.78 is 71.9. The Kier molecular flexibility index (Phi) is 6.74. The van der Waals surface area contributed by atoms with E-state index in [1.54, 1.807) is 24.3 Å². The molecule has 6 nitrogen and oxygen atoms in total. The zero-order valence-electron chi connectivity index (χ0n) is 16.2. The van der Waals surface area contributed by atoms with Crippen molar-refractivity contribution in [2.75, 3.05) is 13.1 Å². The monoisotopic (exact) mass is 444 g/mol. The summed E-state index contributed by atoms with van der Waals surface area (Å²) in [7, 11) is 0. The van der Waals surface area contributed by atoms with Gasteiger partial charge in [0, 0.05) is 6.54 Å². The quantitative estimate of drug-likeness (QED) is 0.223. The zero-order valence-corrected chi connectivity index (χ0v) is 16.2. The van der Waals surface area contributed by atoms with Crippen molar-refractivity contribution in [1.29, 1.82) is 0 Å². The van der Waals surface area contributed by atoms with Crippen molar-refractivity contribution < 1.29 is 41.1 Å². The number of hydroxylamine groups is 2. The molecule has 1 saturated heterocycles. The number of ether oxygens (including phenoxy) is 1. The highest BCUT2D eigenvalue weighted by atomic mass is 19.2. The number of carbonyl (C=O) groups excluding carboxylic acids is 2. The maximum absolute atomic E-state index is 13.8. The number of urea groups is 1. The molecule has 166 valence electrons. The number of carbonyl (C=O) groups is 2. The van der Waals surface area contributed by atoms with Gasteiger partial charge in [-0.15, -0.1) is 0 Å². The Morgan fingerprint density at radius 2 is 1.58 bits per heavy atom. The number of halogens is 5. The molecule has 31 heavy (non-hydrogen) atoms. The summed E-state index contributed by atoms with van der Waals surface area (Å²) in [5.74, 6) is -14.5. The molecule has 3 rings (SSSR count). The second kappa shape index (κ2) is 9.29. The van der Waals surface area contributed by atoms with Gasteiger partial charge in [-0.1, -0.05) is 30.3 Å². The van der Waals surface area contributed by atoms with Crippen molar-refractivity contribution in [3.8, 4) is 5.75 Å². The third-order valence-corrected chi connectivity index (χ3v) is 4.66. The van der Waals surface area contributed by atoms with E-state index in [0.717, 1.165) is 15.5 Å². The SMILES string of the molecule is CCN1C(=O)N(OCc2ccccc2)CC[C@H]1C(=O)Oc1c(F)c(F)c(F)c(F)c1F. The van der Waals surface area contributed by atoms with Gasteiger partial charge in [0.1, 0.15) is 12.6 Å². The molecular formula is C20H17F5N2O4. The Balaban J connectivity index is 1.72. The molecule has 11 heteroatoms. The first kappa shape index (κ1) is 22.5. The first-order chi connectivity index (χ1) is 14.8. The van der Waals surface area contributed by atoms with Crippen LogP contribution in [-0.2, 0) is 16.2 Å². The van der Waals surface area contributed by atoms with Gasteiger partial charge in [0.25, 0.3) is 0 Å². The van der Waals surface area contributed by atoms with E-state index in [4.69, 9.17) is 4.84 Å². The second-order valence-corrected chi connectivity index (χ2v) is 6.55. The standard InChI is InChI=1S/C20H17F5N2O4/c1-2-26-12(8-9-27(20(26)29)30-10-11-6-4-3-5-7-11)19(28)31-18-16(24)14(22)13(21)15(23)17(18)25/h3-7,12H,2,8-10H2,1H3/t12-/m0/s1. The molecule has 2 aromatic rings. The largest absolute Gasteiger partial charge is 0.418 e. The molecule has 1 atom stereocenters. The lowest BCUT2D eigenvalue weighted by Gasteiger charge is -2.38. The van der Waals surface area contributed by atoms with Crippen LogP contribution in [0, 0.1) is 29.1 Å². The molecule has 0 aromatic heterocycles. The maximum Gasteiger partial charge on any atom is 0.344 e. The number of nitrogens with zero attached hydrogens (tertiary/aromatic N) is 2. The van der Waals surface area contributed by atoms with E-state index in [9.17, 15) is 31.5 Å². The Bertz CT molecular complexity index is 960. The van der Waals surface area contributed by atoms with Crippen LogP contribution >= 0.6 is 0 Å². The summed E-state index contributed by atoms with van der Waals surface area (Å²) in [6.07, 6.45) is -0.0530. The molecule has 1 aliphatic heterocycles. The lowest BCUT2D eigenvalue weighted by atomic mass is 10.1. The maximum atomic E-state index is 13.8. The van der Waals surface area contributed by atoms with Gasteiger partial charge in [-0.2, -0.15) is 8.78 Å². The second-order valence-electron chi connectivity index (χ2n) is 6.55. The van der Waals surface area contributed by atoms with Crippen molar-refractivity contribution in [2.45, 2.75) is 26.0 Å². The summed E-state index contributed by atoms with van der Waals surface area (Å²) in [6, 6.07) is 6.97. The van der Waals surface area contributed by atoms with Gasteiger partial charge >= 0.3 is 12.0 Å². The van der Waals surface area contributed by atoms with Crippen LogP contribution < -0.4 is 4.74 Å². The number of rotatable bonds is 6. The van der Waals surface area contributed by atoms with Gasteiger partial charge in [-0.3, -0.25) is 4.84 Å². The first-order valence-corrected chi connectivity index (χ1v) is 9.24. The Morgan fingerprint density at radius 3 is 2.16 bits per heavy atom. The minimum Gasteiger partial charge on any atom is -0.418 e. The summed E-state index contributed by atoms with van der Waals surface area (Å²) in [5, 5.41) is 1.03. The molecule has 0 aliphatic carbocycles. The smallest absolute Gasteiger partial charge is 0.344 e. The van der Waals surface area contributed by atoms with Crippen molar-refractivity contribution in [2.24, 2.45) is 0 Å². The molecular weight excluding hydrogens is 427 g/mol. The van der Waals surface area contributed by atoms with Gasteiger partial charge in [0.2, 0.25) is 34.8 Å². The summed E-state index contributed by atoms with van der Waals surface area (Å²) in [4.78, 5) is 31.6. The van der Waals surface area contributed by atoms with Crippen LogP contribution in [-0.4, -0.2) is 41.1 Å². The molecule has 1 fully saturated rings. The summed E-state index contributed by atoms with van der Waals surface area (Å²) in [5.41, 5.74) is 0.797. The predicted octanol–water partition coefficient (Wildman–Crippen LogP) is 3.94. The average molecular weight is 444 g/mol. The fourth-order valence-electron chi connectivity index (χ4n) is 3.06. The molecule has 0 N–H and O–H groups in total. The van der Waals surface area contributed by atoms with Crippen molar-refractivity contribution >= 4 is 12.0 Å². The van der Waals surface area contributed by atoms with E-state index in [-0.39, 0.29) is 26.1 Å². The van der Waals surface area contributed by atoms with E-state index in [1.165, 1.54) is 6.92 Å². The van der Waals surface area contributed by atoms with Gasteiger partial charge in [0.15, 0.2) is 0 Å². The van der Waals surface area contributed by atoms with E-state index >= 15 is 0 Å². The average Bonchev–Trinajstić information content (AvgIpc) is 2.78. The van der Waals surface area contributed by atoms with Crippen LogP contribution in [0.1, 0.15) is 18.9 Å². The van der Waals surface area contributed by atoms with Gasteiger partial charge < -0.3 is 9.64 Å². The third kappa shape index (κ3) is 4.46. The van der Waals surface area contributed by atoms with Gasteiger partial charge in [-0.05, 0) is 18.9 Å². The topological polar surface area (TPSA) is 59.1 Å². The van der Waals surface area contributed by atoms with Crippen LogP contribution in [0.5, 0.6) is 5.75 Å². The van der Waals surface area contributed by atoms with E-state index in [0.29, 0.717) is 0 Å². The molecule has 2 amide bonds. The van der Waals surface area contributed by atoms with Crippen LogP contribution in [0.3, 0.4) is 0 Å². The fourth-order valence-corrected chi connectivity index (χ4v) is 3.06. The minimum absolute atomic E-state index is 0.000894. The van der Waals surface area contributed by atoms with Crippen molar-refractivity contribution in [1.82, 2.24) is 9.96 Å². The molecule has 0 radical (unpaired) electrons. The number of likely N-dealkylation sites (N-methyl/N-ethyl adjacent to an activating group) is 1. The van der Waals surface area contributed by atoms with Crippen molar-refractivity contribution in [3.63, 3.8) is 0 Å². The predicted molar refractivity (Wildman–Crippen MR) is 96.0 cm³/mol. The third-order valence-electron chi connectivity index (χ3n) is 4.66. The lowest BCUT2D eigenvalue weighted by molar-refractivity contribution is -0.162. The number of hydrogen-bond donors (Lipinski definition) is 0. The van der Waals surface area contributed by atoms with Crippen LogP contribution in [0.25, 0.3) is 0 Å². The highest BCUT2D eigenvalue weighted by Crippen LogP contribution is 2.30. The number of hydrogen-bond acceptors (Lipinski definition) is 4. The molecule has 0 saturated carbocycles. The first-order valence-electron chi connectivity index (χ1n) is 9.24. The summed E-state index contributed by atoms with van der Waals surface area (Å²) >= 11 is 0. The molecule has 0 spiro atoms. The Hall–Kier alpha value is -3.21. The Labute approximate surface area is 173 Å². The van der Waals surface area contributed by atoms with Crippen LogP contribution in [0.15, 0.2) is 30.3 Å². The number of amides is 2. The van der Waals surface area contributed by atoms with E-state index in [1.807, 2.05) is 6.07 Å². The molecule has 0 bridgehead atoms. The molecule has 1 heterocycles. The van der Waals surface area contributed by atoms with Gasteiger partial charge in [0.05, 0.1) is 6.54 Å². The van der Waals surface area contributed by atoms with Gasteiger partial charge in [-0.25, -0.2) is 27.8 Å². The lowest BCUT2D eigenvalue weighted by Crippen LogP contribution is -2.57. The van der Waals surface area contributed by atoms with E-state index in [2.05, 4.69) is 4.74 Å². The Morgan fingerprint density at radius 1 is 1.00 bits per heavy atom. The van der Waals surface area contributed by atoms with Crippen LogP contribution in [0.2, 0.25) is 0 Å².